The summed E-state index contributed by atoms with van der Waals surface area (Å²) in [5.74, 6) is 0.792. The smallest absolute Gasteiger partial charge is 0.177 e. The molecule has 0 radical (unpaired) electrons. The zero-order valence-electron chi connectivity index (χ0n) is 9.54. The first-order valence-electron chi connectivity index (χ1n) is 5.72. The Balaban J connectivity index is 1.84. The summed E-state index contributed by atoms with van der Waals surface area (Å²) in [6.07, 6.45) is 2.20. The molecule has 90 valence electrons. The first-order chi connectivity index (χ1) is 8.76. The highest BCUT2D eigenvalue weighted by molar-refractivity contribution is 5.33. The van der Waals surface area contributed by atoms with Crippen molar-refractivity contribution in [2.24, 2.45) is 0 Å². The molecule has 6 heteroatoms. The van der Waals surface area contributed by atoms with Gasteiger partial charge in [0.1, 0.15) is 5.82 Å². The molecule has 1 heterocycles. The quantitative estimate of drug-likeness (QED) is 0.821. The number of halogens is 1. The van der Waals surface area contributed by atoms with Gasteiger partial charge in [-0.15, -0.1) is 10.2 Å². The molecule has 18 heavy (non-hydrogen) atoms. The van der Waals surface area contributed by atoms with Crippen molar-refractivity contribution >= 4 is 0 Å². The Labute approximate surface area is 103 Å². The van der Waals surface area contributed by atoms with E-state index in [2.05, 4.69) is 15.4 Å². The Bertz CT molecular complexity index is 624. The zero-order valence-corrected chi connectivity index (χ0v) is 9.54. The van der Waals surface area contributed by atoms with Gasteiger partial charge in [-0.2, -0.15) is 10.1 Å². The van der Waals surface area contributed by atoms with E-state index in [1.807, 2.05) is 6.07 Å². The molecule has 0 unspecified atom stereocenters. The largest absolute Gasteiger partial charge is 0.207 e. The van der Waals surface area contributed by atoms with E-state index < -0.39 is 0 Å². The highest BCUT2D eigenvalue weighted by atomic mass is 19.1. The van der Waals surface area contributed by atoms with Crippen LogP contribution in [0.3, 0.4) is 0 Å². The third-order valence-corrected chi connectivity index (χ3v) is 2.90. The van der Waals surface area contributed by atoms with Gasteiger partial charge in [-0.3, -0.25) is 0 Å². The lowest BCUT2D eigenvalue weighted by molar-refractivity contribution is 0.537. The summed E-state index contributed by atoms with van der Waals surface area (Å²) in [5, 5.41) is 20.8. The van der Waals surface area contributed by atoms with Gasteiger partial charge in [0, 0.05) is 11.5 Å². The predicted octanol–water partition coefficient (Wildman–Crippen LogP) is 1.61. The Morgan fingerprint density at radius 1 is 1.44 bits per heavy atom. The van der Waals surface area contributed by atoms with Gasteiger partial charge in [0.2, 0.25) is 0 Å². The van der Waals surface area contributed by atoms with Gasteiger partial charge >= 0.3 is 0 Å². The van der Waals surface area contributed by atoms with Gasteiger partial charge in [-0.1, -0.05) is 0 Å². The molecule has 1 aliphatic rings. The molecular weight excluding hydrogens is 233 g/mol. The van der Waals surface area contributed by atoms with E-state index in [4.69, 9.17) is 5.26 Å². The monoisotopic (exact) mass is 243 g/mol. The van der Waals surface area contributed by atoms with Crippen molar-refractivity contribution in [3.05, 3.63) is 41.0 Å². The zero-order chi connectivity index (χ0) is 12.5. The highest BCUT2D eigenvalue weighted by Gasteiger charge is 2.28. The predicted molar refractivity (Wildman–Crippen MR) is 60.0 cm³/mol. The first kappa shape index (κ1) is 10.8. The van der Waals surface area contributed by atoms with E-state index in [0.29, 0.717) is 17.0 Å². The van der Waals surface area contributed by atoms with Crippen LogP contribution in [0.5, 0.6) is 0 Å². The molecule has 0 aliphatic heterocycles. The van der Waals surface area contributed by atoms with Crippen molar-refractivity contribution in [2.45, 2.75) is 25.3 Å². The molecule has 3 rings (SSSR count). The molecule has 1 aromatic heterocycles. The minimum Gasteiger partial charge on any atom is -0.207 e. The minimum absolute atomic E-state index is 0.196. The number of benzene rings is 1. The van der Waals surface area contributed by atoms with Crippen molar-refractivity contribution in [1.82, 2.24) is 20.2 Å². The van der Waals surface area contributed by atoms with E-state index in [1.165, 1.54) is 23.0 Å². The van der Waals surface area contributed by atoms with Crippen LogP contribution in [0.25, 0.3) is 0 Å². The number of tetrazole rings is 1. The molecule has 0 N–H and O–H groups in total. The molecule has 1 saturated carbocycles. The second-order valence-corrected chi connectivity index (χ2v) is 4.37. The molecule has 0 bridgehead atoms. The first-order valence-corrected chi connectivity index (χ1v) is 5.72. The normalized spacial score (nSPS) is 14.4. The third kappa shape index (κ3) is 2.07. The van der Waals surface area contributed by atoms with E-state index in [0.717, 1.165) is 18.7 Å². The number of nitriles is 1. The van der Waals surface area contributed by atoms with Crippen molar-refractivity contribution in [3.63, 3.8) is 0 Å². The Morgan fingerprint density at radius 2 is 2.28 bits per heavy atom. The van der Waals surface area contributed by atoms with Crippen LogP contribution in [0.15, 0.2) is 18.2 Å². The summed E-state index contributed by atoms with van der Waals surface area (Å²) in [6.45, 7) is 0.196. The van der Waals surface area contributed by atoms with Crippen LogP contribution >= 0.6 is 0 Å². The maximum atomic E-state index is 13.6. The minimum atomic E-state index is -0.362. The molecule has 0 spiro atoms. The van der Waals surface area contributed by atoms with E-state index in [1.54, 1.807) is 0 Å². The number of nitrogens with zero attached hydrogens (tertiary/aromatic N) is 5. The summed E-state index contributed by atoms with van der Waals surface area (Å²) in [4.78, 5) is 1.37. The second-order valence-electron chi connectivity index (χ2n) is 4.37. The molecule has 0 saturated heterocycles. The number of aromatic nitrogens is 4. The van der Waals surface area contributed by atoms with Crippen molar-refractivity contribution in [2.75, 3.05) is 0 Å². The molecule has 5 nitrogen and oxygen atoms in total. The average Bonchev–Trinajstić information content (AvgIpc) is 3.13. The van der Waals surface area contributed by atoms with E-state index in [-0.39, 0.29) is 12.4 Å². The highest BCUT2D eigenvalue weighted by Crippen LogP contribution is 2.37. The number of rotatable bonds is 3. The van der Waals surface area contributed by atoms with Gasteiger partial charge in [0.05, 0.1) is 18.2 Å². The summed E-state index contributed by atoms with van der Waals surface area (Å²) in [5.41, 5.74) is 0.822. The van der Waals surface area contributed by atoms with E-state index in [9.17, 15) is 4.39 Å². The Morgan fingerprint density at radius 3 is 3.00 bits per heavy atom. The summed E-state index contributed by atoms with van der Waals surface area (Å²) >= 11 is 0. The number of hydrogen-bond donors (Lipinski definition) is 0. The summed E-state index contributed by atoms with van der Waals surface area (Å²) in [6, 6.07) is 6.22. The average molecular weight is 243 g/mol. The molecular formula is C12H10FN5. The molecule has 1 aliphatic carbocycles. The maximum Gasteiger partial charge on any atom is 0.177 e. The van der Waals surface area contributed by atoms with Gasteiger partial charge in [-0.05, 0) is 36.3 Å². The van der Waals surface area contributed by atoms with Gasteiger partial charge in [0.25, 0.3) is 0 Å². The lowest BCUT2D eigenvalue weighted by atomic mass is 10.1. The summed E-state index contributed by atoms with van der Waals surface area (Å²) < 4.78 is 13.6. The van der Waals surface area contributed by atoms with Crippen LogP contribution in [0.4, 0.5) is 4.39 Å². The fraction of sp³-hybridized carbons (Fsp3) is 0.333. The van der Waals surface area contributed by atoms with Crippen molar-refractivity contribution in [1.29, 1.82) is 5.26 Å². The second kappa shape index (κ2) is 4.18. The SMILES string of the molecule is N#Cc1ccc(F)c(Cn2nnc(C3CC3)n2)c1. The summed E-state index contributed by atoms with van der Waals surface area (Å²) in [7, 11) is 0. The lowest BCUT2D eigenvalue weighted by Crippen LogP contribution is -2.06. The van der Waals surface area contributed by atoms with Crippen LogP contribution < -0.4 is 0 Å². The molecule has 1 fully saturated rings. The van der Waals surface area contributed by atoms with Crippen molar-refractivity contribution < 1.29 is 4.39 Å². The van der Waals surface area contributed by atoms with Crippen LogP contribution in [0.2, 0.25) is 0 Å². The topological polar surface area (TPSA) is 67.4 Å². The number of hydrogen-bond acceptors (Lipinski definition) is 4. The Kier molecular flexibility index (Phi) is 2.52. The van der Waals surface area contributed by atoms with Crippen LogP contribution in [0.1, 0.15) is 35.7 Å². The third-order valence-electron chi connectivity index (χ3n) is 2.90. The molecule has 0 amide bonds. The lowest BCUT2D eigenvalue weighted by Gasteiger charge is -2.01. The standard InChI is InChI=1S/C12H10FN5/c13-11-4-1-8(6-14)5-10(11)7-18-16-12(15-17-18)9-2-3-9/h1,4-5,9H,2-3,7H2. The van der Waals surface area contributed by atoms with Crippen LogP contribution in [-0.2, 0) is 6.54 Å². The van der Waals surface area contributed by atoms with Gasteiger partial charge < -0.3 is 0 Å². The van der Waals surface area contributed by atoms with Gasteiger partial charge in [-0.25, -0.2) is 4.39 Å². The van der Waals surface area contributed by atoms with Crippen molar-refractivity contribution in [3.8, 4) is 6.07 Å². The van der Waals surface area contributed by atoms with E-state index >= 15 is 0 Å². The molecule has 1 aromatic carbocycles. The Hall–Kier alpha value is -2.29. The maximum absolute atomic E-state index is 13.6. The fourth-order valence-electron chi connectivity index (χ4n) is 1.75. The van der Waals surface area contributed by atoms with Crippen LogP contribution in [-0.4, -0.2) is 20.2 Å². The molecule has 2 aromatic rings. The fourth-order valence-corrected chi connectivity index (χ4v) is 1.75. The molecule has 0 atom stereocenters. The van der Waals surface area contributed by atoms with Gasteiger partial charge in [0.15, 0.2) is 5.82 Å². The van der Waals surface area contributed by atoms with Crippen LogP contribution in [0, 0.1) is 17.1 Å².